The van der Waals surface area contributed by atoms with Crippen molar-refractivity contribution in [2.75, 3.05) is 18.4 Å². The second-order valence-electron chi connectivity index (χ2n) is 4.73. The van der Waals surface area contributed by atoms with Gasteiger partial charge in [-0.15, -0.1) is 0 Å². The van der Waals surface area contributed by atoms with E-state index in [1.54, 1.807) is 29.5 Å². The molecule has 0 aliphatic heterocycles. The minimum absolute atomic E-state index is 0.107. The van der Waals surface area contributed by atoms with Gasteiger partial charge >= 0.3 is 0 Å². The number of aromatic nitrogens is 3. The number of hydrogen-bond acceptors (Lipinski definition) is 4. The van der Waals surface area contributed by atoms with Crippen molar-refractivity contribution in [1.82, 2.24) is 20.1 Å². The van der Waals surface area contributed by atoms with Crippen molar-refractivity contribution in [2.45, 2.75) is 19.9 Å². The summed E-state index contributed by atoms with van der Waals surface area (Å²) in [5, 5.41) is 10.2. The molecule has 0 spiro atoms. The average molecular weight is 273 g/mol. The highest BCUT2D eigenvalue weighted by Crippen LogP contribution is 2.05. The highest BCUT2D eigenvalue weighted by Gasteiger charge is 2.08. The van der Waals surface area contributed by atoms with Gasteiger partial charge in [-0.1, -0.05) is 0 Å². The largest absolute Gasteiger partial charge is 0.382 e. The Bertz CT molecular complexity index is 550. The summed E-state index contributed by atoms with van der Waals surface area (Å²) in [5.74, 6) is -0.107. The van der Waals surface area contributed by atoms with Crippen molar-refractivity contribution in [1.29, 1.82) is 0 Å². The molecule has 0 aliphatic carbocycles. The fourth-order valence-electron chi connectivity index (χ4n) is 1.69. The number of pyridine rings is 1. The van der Waals surface area contributed by atoms with E-state index in [1.807, 2.05) is 26.0 Å². The number of hydrogen-bond donors (Lipinski definition) is 2. The third kappa shape index (κ3) is 3.81. The summed E-state index contributed by atoms with van der Waals surface area (Å²) in [4.78, 5) is 15.9. The lowest BCUT2D eigenvalue weighted by molar-refractivity contribution is 0.0955. The van der Waals surface area contributed by atoms with Gasteiger partial charge in [-0.2, -0.15) is 5.10 Å². The Morgan fingerprint density at radius 3 is 2.85 bits per heavy atom. The molecule has 0 fully saturated rings. The molecule has 2 rings (SSSR count). The molecule has 106 valence electrons. The van der Waals surface area contributed by atoms with Gasteiger partial charge in [0.1, 0.15) is 0 Å². The maximum absolute atomic E-state index is 11.9. The zero-order chi connectivity index (χ0) is 14.4. The topological polar surface area (TPSA) is 71.8 Å². The van der Waals surface area contributed by atoms with Crippen LogP contribution in [-0.4, -0.2) is 33.8 Å². The molecule has 0 unspecified atom stereocenters. The SMILES string of the molecule is CC(C)n1cc(C(=O)NCCNc2cccnc2)cn1. The number of amides is 1. The van der Waals surface area contributed by atoms with E-state index in [0.29, 0.717) is 18.7 Å². The molecule has 0 bridgehead atoms. The molecule has 2 aromatic rings. The zero-order valence-corrected chi connectivity index (χ0v) is 11.7. The Morgan fingerprint density at radius 1 is 1.35 bits per heavy atom. The molecular weight excluding hydrogens is 254 g/mol. The second-order valence-corrected chi connectivity index (χ2v) is 4.73. The number of nitrogens with one attached hydrogen (secondary N) is 2. The molecule has 2 N–H and O–H groups in total. The predicted octanol–water partition coefficient (Wildman–Crippen LogP) is 1.70. The Kier molecular flexibility index (Phi) is 4.70. The molecule has 6 heteroatoms. The first-order valence-corrected chi connectivity index (χ1v) is 6.63. The monoisotopic (exact) mass is 273 g/mol. The fraction of sp³-hybridized carbons (Fsp3) is 0.357. The van der Waals surface area contributed by atoms with Gasteiger partial charge in [0.05, 0.1) is 17.4 Å². The third-order valence-electron chi connectivity index (χ3n) is 2.79. The molecule has 0 saturated carbocycles. The van der Waals surface area contributed by atoms with Gasteiger partial charge < -0.3 is 10.6 Å². The summed E-state index contributed by atoms with van der Waals surface area (Å²) in [5.41, 5.74) is 1.52. The molecule has 1 amide bonds. The summed E-state index contributed by atoms with van der Waals surface area (Å²) >= 11 is 0. The van der Waals surface area contributed by atoms with Gasteiger partial charge in [0.15, 0.2) is 0 Å². The average Bonchev–Trinajstić information content (AvgIpc) is 2.94. The van der Waals surface area contributed by atoms with Crippen molar-refractivity contribution < 1.29 is 4.79 Å². The smallest absolute Gasteiger partial charge is 0.254 e. The van der Waals surface area contributed by atoms with Crippen molar-refractivity contribution >= 4 is 11.6 Å². The van der Waals surface area contributed by atoms with Crippen LogP contribution in [0.2, 0.25) is 0 Å². The van der Waals surface area contributed by atoms with Gasteiger partial charge in [0, 0.05) is 37.7 Å². The molecule has 20 heavy (non-hydrogen) atoms. The Labute approximate surface area is 118 Å². The number of rotatable bonds is 6. The molecule has 0 aliphatic rings. The van der Waals surface area contributed by atoms with E-state index in [4.69, 9.17) is 0 Å². The molecule has 2 heterocycles. The molecule has 0 radical (unpaired) electrons. The van der Waals surface area contributed by atoms with Crippen molar-refractivity contribution in [3.63, 3.8) is 0 Å². The van der Waals surface area contributed by atoms with Crippen LogP contribution in [0.4, 0.5) is 5.69 Å². The summed E-state index contributed by atoms with van der Waals surface area (Å²) in [6, 6.07) is 4.05. The van der Waals surface area contributed by atoms with Gasteiger partial charge in [-0.3, -0.25) is 14.5 Å². The van der Waals surface area contributed by atoms with Crippen LogP contribution in [0.25, 0.3) is 0 Å². The van der Waals surface area contributed by atoms with Crippen LogP contribution >= 0.6 is 0 Å². The highest BCUT2D eigenvalue weighted by atomic mass is 16.1. The maximum Gasteiger partial charge on any atom is 0.254 e. The molecule has 0 atom stereocenters. The molecule has 2 aromatic heterocycles. The van der Waals surface area contributed by atoms with Crippen LogP contribution in [0.5, 0.6) is 0 Å². The molecule has 0 saturated heterocycles. The van der Waals surface area contributed by atoms with E-state index in [0.717, 1.165) is 5.69 Å². The molecule has 0 aromatic carbocycles. The lowest BCUT2D eigenvalue weighted by Crippen LogP contribution is -2.28. The van der Waals surface area contributed by atoms with Gasteiger partial charge in [-0.05, 0) is 26.0 Å². The van der Waals surface area contributed by atoms with E-state index in [9.17, 15) is 4.79 Å². The van der Waals surface area contributed by atoms with Gasteiger partial charge in [0.25, 0.3) is 5.91 Å². The van der Waals surface area contributed by atoms with Gasteiger partial charge in [-0.25, -0.2) is 0 Å². The van der Waals surface area contributed by atoms with Crippen LogP contribution in [0.15, 0.2) is 36.9 Å². The number of carbonyl (C=O) groups is 1. The normalized spacial score (nSPS) is 10.6. The first kappa shape index (κ1) is 14.0. The van der Waals surface area contributed by atoms with Crippen LogP contribution in [0, 0.1) is 0 Å². The van der Waals surface area contributed by atoms with Crippen LogP contribution in [0.3, 0.4) is 0 Å². The van der Waals surface area contributed by atoms with Crippen molar-refractivity contribution in [3.05, 3.63) is 42.5 Å². The minimum atomic E-state index is -0.107. The Hall–Kier alpha value is -2.37. The third-order valence-corrected chi connectivity index (χ3v) is 2.79. The highest BCUT2D eigenvalue weighted by molar-refractivity contribution is 5.93. The van der Waals surface area contributed by atoms with Crippen molar-refractivity contribution in [2.24, 2.45) is 0 Å². The predicted molar refractivity (Wildman–Crippen MR) is 77.7 cm³/mol. The van der Waals surface area contributed by atoms with E-state index in [2.05, 4.69) is 20.7 Å². The van der Waals surface area contributed by atoms with E-state index < -0.39 is 0 Å². The standard InChI is InChI=1S/C14H19N5O/c1-11(2)19-10-12(8-18-19)14(20)17-7-6-16-13-4-3-5-15-9-13/h3-5,8-11,16H,6-7H2,1-2H3,(H,17,20). The second kappa shape index (κ2) is 6.70. The summed E-state index contributed by atoms with van der Waals surface area (Å²) in [6.07, 6.45) is 6.81. The zero-order valence-electron chi connectivity index (χ0n) is 11.7. The quantitative estimate of drug-likeness (QED) is 0.786. The Balaban J connectivity index is 1.75. The number of carbonyl (C=O) groups excluding carboxylic acids is 1. The lowest BCUT2D eigenvalue weighted by atomic mass is 10.3. The first-order valence-electron chi connectivity index (χ1n) is 6.63. The number of nitrogens with zero attached hydrogens (tertiary/aromatic N) is 3. The summed E-state index contributed by atoms with van der Waals surface area (Å²) < 4.78 is 1.77. The first-order chi connectivity index (χ1) is 9.66. The fourth-order valence-corrected chi connectivity index (χ4v) is 1.69. The Morgan fingerprint density at radius 2 is 2.20 bits per heavy atom. The minimum Gasteiger partial charge on any atom is -0.382 e. The summed E-state index contributed by atoms with van der Waals surface area (Å²) in [7, 11) is 0. The van der Waals surface area contributed by atoms with E-state index >= 15 is 0 Å². The van der Waals surface area contributed by atoms with Crippen LogP contribution in [0.1, 0.15) is 30.2 Å². The molecular formula is C14H19N5O. The van der Waals surface area contributed by atoms with Crippen molar-refractivity contribution in [3.8, 4) is 0 Å². The van der Waals surface area contributed by atoms with Crippen LogP contribution in [-0.2, 0) is 0 Å². The van der Waals surface area contributed by atoms with Gasteiger partial charge in [0.2, 0.25) is 0 Å². The van der Waals surface area contributed by atoms with Crippen LogP contribution < -0.4 is 10.6 Å². The molecule has 6 nitrogen and oxygen atoms in total. The maximum atomic E-state index is 11.9. The lowest BCUT2D eigenvalue weighted by Gasteiger charge is -2.06. The van der Waals surface area contributed by atoms with E-state index in [-0.39, 0.29) is 11.9 Å². The number of anilines is 1. The van der Waals surface area contributed by atoms with E-state index in [1.165, 1.54) is 0 Å². The summed E-state index contributed by atoms with van der Waals surface area (Å²) in [6.45, 7) is 5.23.